The van der Waals surface area contributed by atoms with E-state index in [0.717, 1.165) is 5.56 Å². The summed E-state index contributed by atoms with van der Waals surface area (Å²) in [4.78, 5) is 26.1. The Hall–Kier alpha value is -2.15. The first-order chi connectivity index (χ1) is 11.8. The molecule has 0 unspecified atom stereocenters. The van der Waals surface area contributed by atoms with E-state index in [-0.39, 0.29) is 29.3 Å². The van der Waals surface area contributed by atoms with Crippen molar-refractivity contribution in [3.63, 3.8) is 0 Å². The Morgan fingerprint density at radius 2 is 2.24 bits per heavy atom. The van der Waals surface area contributed by atoms with Gasteiger partial charge < -0.3 is 15.0 Å². The lowest BCUT2D eigenvalue weighted by Gasteiger charge is -2.38. The van der Waals surface area contributed by atoms with E-state index < -0.39 is 0 Å². The van der Waals surface area contributed by atoms with Gasteiger partial charge in [-0.2, -0.15) is 5.10 Å². The zero-order chi connectivity index (χ0) is 18.6. The molecule has 1 aliphatic heterocycles. The van der Waals surface area contributed by atoms with Crippen LogP contribution in [0.3, 0.4) is 0 Å². The normalized spacial score (nSPS) is 20.8. The molecule has 0 spiro atoms. The molecule has 2 heterocycles. The lowest BCUT2D eigenvalue weighted by molar-refractivity contribution is -0.133. The fourth-order valence-electron chi connectivity index (χ4n) is 3.34. The van der Waals surface area contributed by atoms with E-state index in [1.54, 1.807) is 13.3 Å². The second-order valence-corrected chi connectivity index (χ2v) is 7.32. The molecule has 25 heavy (non-hydrogen) atoms. The van der Waals surface area contributed by atoms with Gasteiger partial charge in [0.2, 0.25) is 11.8 Å². The molecule has 1 aromatic heterocycles. The smallest absolute Gasteiger partial charge is 0.243 e. The van der Waals surface area contributed by atoms with Gasteiger partial charge in [0.05, 0.1) is 25.4 Å². The first kappa shape index (κ1) is 19.2. The Kier molecular flexibility index (Phi) is 6.00. The van der Waals surface area contributed by atoms with E-state index in [2.05, 4.69) is 17.0 Å². The molecule has 0 radical (unpaired) electrons. The molecule has 7 heteroatoms. The van der Waals surface area contributed by atoms with Crippen LogP contribution in [0.25, 0.3) is 0 Å². The summed E-state index contributed by atoms with van der Waals surface area (Å²) in [5.74, 6) is -0.133. The van der Waals surface area contributed by atoms with Gasteiger partial charge in [-0.05, 0) is 26.8 Å². The third-order valence-corrected chi connectivity index (χ3v) is 4.40. The van der Waals surface area contributed by atoms with Gasteiger partial charge in [0, 0.05) is 43.3 Å². The number of carbonyl (C=O) groups excluding carboxylic acids is 2. The first-order valence-corrected chi connectivity index (χ1v) is 8.51. The summed E-state index contributed by atoms with van der Waals surface area (Å²) in [6, 6.07) is -0.117. The average molecular weight is 348 g/mol. The van der Waals surface area contributed by atoms with Crippen molar-refractivity contribution in [1.29, 1.82) is 0 Å². The Balaban J connectivity index is 2.27. The lowest BCUT2D eigenvalue weighted by atomic mass is 9.93. The third kappa shape index (κ3) is 4.48. The molecule has 1 aliphatic rings. The minimum Gasteiger partial charge on any atom is -0.383 e. The lowest BCUT2D eigenvalue weighted by Crippen LogP contribution is -2.44. The second kappa shape index (κ2) is 7.82. The van der Waals surface area contributed by atoms with Crippen molar-refractivity contribution < 1.29 is 14.3 Å². The van der Waals surface area contributed by atoms with Gasteiger partial charge in [0.25, 0.3) is 0 Å². The van der Waals surface area contributed by atoms with Crippen LogP contribution in [0.5, 0.6) is 0 Å². The summed E-state index contributed by atoms with van der Waals surface area (Å²) in [7, 11) is 1.65. The van der Waals surface area contributed by atoms with Gasteiger partial charge in [0.15, 0.2) is 0 Å². The second-order valence-electron chi connectivity index (χ2n) is 7.32. The summed E-state index contributed by atoms with van der Waals surface area (Å²) < 4.78 is 6.91. The van der Waals surface area contributed by atoms with Gasteiger partial charge >= 0.3 is 0 Å². The minimum absolute atomic E-state index is 0.00398. The molecule has 0 aromatic carbocycles. The van der Waals surface area contributed by atoms with Crippen molar-refractivity contribution in [3.8, 4) is 0 Å². The highest BCUT2D eigenvalue weighted by Crippen LogP contribution is 2.42. The van der Waals surface area contributed by atoms with E-state index in [9.17, 15) is 9.59 Å². The van der Waals surface area contributed by atoms with Crippen molar-refractivity contribution in [1.82, 2.24) is 20.0 Å². The monoisotopic (exact) mass is 348 g/mol. The number of ether oxygens (including phenoxy) is 1. The van der Waals surface area contributed by atoms with Crippen LogP contribution >= 0.6 is 0 Å². The molecular formula is C18H28N4O3. The fourth-order valence-corrected chi connectivity index (χ4v) is 3.34. The summed E-state index contributed by atoms with van der Waals surface area (Å²) >= 11 is 0. The Bertz CT molecular complexity index is 633. The number of amides is 2. The molecule has 2 amide bonds. The number of rotatable bonds is 7. The average Bonchev–Trinajstić information content (AvgIpc) is 3.13. The van der Waals surface area contributed by atoms with Crippen LogP contribution in [-0.2, 0) is 20.9 Å². The maximum atomic E-state index is 12.7. The predicted molar refractivity (Wildman–Crippen MR) is 94.8 cm³/mol. The molecule has 1 N–H and O–H groups in total. The quantitative estimate of drug-likeness (QED) is 0.758. The standard InChI is InChI=1S/C18H28N4O3/c1-6-15(23)19-10-13-9-16(24)22(18(2,3)4)17(13)14-11-20-21(12-14)7-8-25-5/h6,11-13,17H,1,7-10H2,2-5H3,(H,19,23)/t13-,17+/m1/s1. The number of carbonyl (C=O) groups is 2. The molecule has 0 saturated carbocycles. The summed E-state index contributed by atoms with van der Waals surface area (Å²) in [6.07, 6.45) is 5.42. The predicted octanol–water partition coefficient (Wildman–Crippen LogP) is 1.52. The third-order valence-electron chi connectivity index (χ3n) is 4.40. The number of methoxy groups -OCH3 is 1. The highest BCUT2D eigenvalue weighted by Gasteiger charge is 2.45. The Morgan fingerprint density at radius 3 is 2.84 bits per heavy atom. The molecule has 2 rings (SSSR count). The molecule has 1 aromatic rings. The van der Waals surface area contributed by atoms with Crippen molar-refractivity contribution >= 4 is 11.8 Å². The maximum absolute atomic E-state index is 12.7. The van der Waals surface area contributed by atoms with Crippen molar-refractivity contribution in [3.05, 3.63) is 30.6 Å². The Labute approximate surface area is 149 Å². The number of hydrogen-bond acceptors (Lipinski definition) is 4. The van der Waals surface area contributed by atoms with Crippen molar-refractivity contribution in [2.75, 3.05) is 20.3 Å². The molecule has 1 fully saturated rings. The number of nitrogens with one attached hydrogen (secondary N) is 1. The molecule has 0 aliphatic carbocycles. The Morgan fingerprint density at radius 1 is 1.52 bits per heavy atom. The summed E-state index contributed by atoms with van der Waals surface area (Å²) in [5, 5.41) is 7.21. The highest BCUT2D eigenvalue weighted by molar-refractivity contribution is 5.87. The highest BCUT2D eigenvalue weighted by atomic mass is 16.5. The molecule has 2 atom stereocenters. The molecule has 1 saturated heterocycles. The topological polar surface area (TPSA) is 76.5 Å². The molecule has 138 valence electrons. The minimum atomic E-state index is -0.312. The first-order valence-electron chi connectivity index (χ1n) is 8.51. The summed E-state index contributed by atoms with van der Waals surface area (Å²) in [5.41, 5.74) is 0.669. The van der Waals surface area contributed by atoms with E-state index in [1.807, 2.05) is 36.5 Å². The zero-order valence-corrected chi connectivity index (χ0v) is 15.5. The number of aromatic nitrogens is 2. The summed E-state index contributed by atoms with van der Waals surface area (Å²) in [6.45, 7) is 11.2. The number of likely N-dealkylation sites (tertiary alicyclic amines) is 1. The van der Waals surface area contributed by atoms with Crippen LogP contribution in [0.1, 0.15) is 38.8 Å². The van der Waals surface area contributed by atoms with Crippen LogP contribution < -0.4 is 5.32 Å². The molecule has 7 nitrogen and oxygen atoms in total. The van der Waals surface area contributed by atoms with E-state index in [0.29, 0.717) is 26.1 Å². The van der Waals surface area contributed by atoms with E-state index in [1.165, 1.54) is 6.08 Å². The van der Waals surface area contributed by atoms with E-state index >= 15 is 0 Å². The van der Waals surface area contributed by atoms with Gasteiger partial charge in [-0.1, -0.05) is 6.58 Å². The van der Waals surface area contributed by atoms with Crippen molar-refractivity contribution in [2.24, 2.45) is 5.92 Å². The van der Waals surface area contributed by atoms with Crippen LogP contribution in [0.2, 0.25) is 0 Å². The van der Waals surface area contributed by atoms with Crippen LogP contribution in [0, 0.1) is 5.92 Å². The molecular weight excluding hydrogens is 320 g/mol. The van der Waals surface area contributed by atoms with Gasteiger partial charge in [0.1, 0.15) is 0 Å². The van der Waals surface area contributed by atoms with Crippen LogP contribution in [0.15, 0.2) is 25.0 Å². The largest absolute Gasteiger partial charge is 0.383 e. The SMILES string of the molecule is C=CC(=O)NC[C@H]1CC(=O)N(C(C)(C)C)[C@@H]1c1cnn(CCOC)c1. The van der Waals surface area contributed by atoms with E-state index in [4.69, 9.17) is 4.74 Å². The number of nitrogens with zero attached hydrogens (tertiary/aromatic N) is 3. The van der Waals surface area contributed by atoms with Gasteiger partial charge in [-0.25, -0.2) is 0 Å². The maximum Gasteiger partial charge on any atom is 0.243 e. The number of hydrogen-bond donors (Lipinski definition) is 1. The van der Waals surface area contributed by atoms with Gasteiger partial charge in [-0.3, -0.25) is 14.3 Å². The van der Waals surface area contributed by atoms with Crippen molar-refractivity contribution in [2.45, 2.75) is 45.3 Å². The zero-order valence-electron chi connectivity index (χ0n) is 15.5. The van der Waals surface area contributed by atoms with Crippen LogP contribution in [0.4, 0.5) is 0 Å². The fraction of sp³-hybridized carbons (Fsp3) is 0.611. The van der Waals surface area contributed by atoms with Gasteiger partial charge in [-0.15, -0.1) is 0 Å². The van der Waals surface area contributed by atoms with Crippen LogP contribution in [-0.4, -0.2) is 52.3 Å². The molecule has 0 bridgehead atoms.